The number of aryl methyl sites for hydroxylation is 2. The normalized spacial score (nSPS) is 14.1. The molecule has 1 aliphatic rings. The van der Waals surface area contributed by atoms with E-state index in [1.165, 1.54) is 29.5 Å². The molecule has 0 spiro atoms. The van der Waals surface area contributed by atoms with Gasteiger partial charge in [0.1, 0.15) is 5.75 Å². The molecule has 0 bridgehead atoms. The summed E-state index contributed by atoms with van der Waals surface area (Å²) in [6.07, 6.45) is 4.54. The molecule has 0 aromatic heterocycles. The largest absolute Gasteiger partial charge is 0.481 e. The van der Waals surface area contributed by atoms with Gasteiger partial charge in [-0.2, -0.15) is 0 Å². The van der Waals surface area contributed by atoms with Gasteiger partial charge in [0.05, 0.1) is 0 Å². The van der Waals surface area contributed by atoms with Crippen molar-refractivity contribution in [3.63, 3.8) is 0 Å². The van der Waals surface area contributed by atoms with Crippen molar-refractivity contribution in [1.82, 2.24) is 0 Å². The van der Waals surface area contributed by atoms with Crippen LogP contribution >= 0.6 is 0 Å². The van der Waals surface area contributed by atoms with Crippen LogP contribution in [0.5, 0.6) is 5.75 Å². The fourth-order valence-corrected chi connectivity index (χ4v) is 4.52. The van der Waals surface area contributed by atoms with E-state index in [1.807, 2.05) is 37.3 Å². The summed E-state index contributed by atoms with van der Waals surface area (Å²) in [5, 5.41) is 2.94. The Morgan fingerprint density at radius 3 is 2.29 bits per heavy atom. The van der Waals surface area contributed by atoms with Crippen molar-refractivity contribution < 1.29 is 14.3 Å². The van der Waals surface area contributed by atoms with Crippen molar-refractivity contribution >= 4 is 17.4 Å². The van der Waals surface area contributed by atoms with E-state index in [0.717, 1.165) is 18.6 Å². The second-order valence-corrected chi connectivity index (χ2v) is 10.4. The van der Waals surface area contributed by atoms with Crippen molar-refractivity contribution in [2.75, 3.05) is 5.32 Å². The standard InChI is InChI=1S/C31H35NO3/c1-5-28(35-27-18-15-21-9-6-7-10-23(21)20-27)30(34)32-26-12-8-11-24(19-26)29(33)22-13-16-25(17-14-22)31(2,3)4/h8,11-20,28H,5-7,9-10H2,1-4H3,(H,32,34). The van der Waals surface area contributed by atoms with E-state index in [-0.39, 0.29) is 17.1 Å². The summed E-state index contributed by atoms with van der Waals surface area (Å²) in [7, 11) is 0. The van der Waals surface area contributed by atoms with Gasteiger partial charge < -0.3 is 10.1 Å². The van der Waals surface area contributed by atoms with Gasteiger partial charge in [0.2, 0.25) is 0 Å². The first-order valence-corrected chi connectivity index (χ1v) is 12.6. The highest BCUT2D eigenvalue weighted by Gasteiger charge is 2.21. The lowest BCUT2D eigenvalue weighted by Gasteiger charge is -2.20. The van der Waals surface area contributed by atoms with Gasteiger partial charge in [-0.25, -0.2) is 0 Å². The van der Waals surface area contributed by atoms with Gasteiger partial charge in [-0.1, -0.05) is 70.2 Å². The van der Waals surface area contributed by atoms with Crippen LogP contribution in [-0.4, -0.2) is 17.8 Å². The minimum absolute atomic E-state index is 0.0305. The van der Waals surface area contributed by atoms with E-state index in [1.54, 1.807) is 24.3 Å². The minimum Gasteiger partial charge on any atom is -0.481 e. The molecule has 3 aromatic rings. The van der Waals surface area contributed by atoms with Crippen LogP contribution in [0.15, 0.2) is 66.7 Å². The van der Waals surface area contributed by atoms with Crippen molar-refractivity contribution in [1.29, 1.82) is 0 Å². The number of anilines is 1. The fraction of sp³-hybridized carbons (Fsp3) is 0.355. The van der Waals surface area contributed by atoms with Crippen LogP contribution in [0.2, 0.25) is 0 Å². The molecule has 1 N–H and O–H groups in total. The Labute approximate surface area is 208 Å². The third-order valence-corrected chi connectivity index (χ3v) is 6.67. The Balaban J connectivity index is 1.44. The zero-order chi connectivity index (χ0) is 25.0. The van der Waals surface area contributed by atoms with Crippen LogP contribution < -0.4 is 10.1 Å². The van der Waals surface area contributed by atoms with Gasteiger partial charge in [0.25, 0.3) is 5.91 Å². The molecule has 4 heteroatoms. The molecule has 0 saturated carbocycles. The van der Waals surface area contributed by atoms with E-state index in [2.05, 4.69) is 38.2 Å². The summed E-state index contributed by atoms with van der Waals surface area (Å²) in [6.45, 7) is 8.38. The minimum atomic E-state index is -0.610. The fourth-order valence-electron chi connectivity index (χ4n) is 4.52. The Morgan fingerprint density at radius 1 is 0.886 bits per heavy atom. The Hall–Kier alpha value is -3.40. The van der Waals surface area contributed by atoms with Gasteiger partial charge in [0, 0.05) is 16.8 Å². The van der Waals surface area contributed by atoms with E-state index >= 15 is 0 Å². The maximum atomic E-state index is 13.1. The number of benzene rings is 3. The Morgan fingerprint density at radius 2 is 1.60 bits per heavy atom. The van der Waals surface area contributed by atoms with E-state index in [9.17, 15) is 9.59 Å². The number of hydrogen-bond acceptors (Lipinski definition) is 3. The number of carbonyl (C=O) groups is 2. The van der Waals surface area contributed by atoms with E-state index in [0.29, 0.717) is 23.2 Å². The van der Waals surface area contributed by atoms with Gasteiger partial charge in [-0.3, -0.25) is 9.59 Å². The average Bonchev–Trinajstić information content (AvgIpc) is 2.86. The molecular formula is C31H35NO3. The Bertz CT molecular complexity index is 1200. The number of rotatable bonds is 7. The lowest BCUT2D eigenvalue weighted by atomic mass is 9.86. The van der Waals surface area contributed by atoms with Crippen LogP contribution in [0.4, 0.5) is 5.69 Å². The predicted molar refractivity (Wildman–Crippen MR) is 141 cm³/mol. The third kappa shape index (κ3) is 6.00. The molecule has 4 nitrogen and oxygen atoms in total. The molecule has 0 heterocycles. The second kappa shape index (κ2) is 10.5. The molecule has 1 unspecified atom stereocenters. The van der Waals surface area contributed by atoms with Crippen molar-refractivity contribution in [3.8, 4) is 5.75 Å². The van der Waals surface area contributed by atoms with Crippen LogP contribution in [0.25, 0.3) is 0 Å². The molecule has 0 fully saturated rings. The summed E-state index contributed by atoms with van der Waals surface area (Å²) in [4.78, 5) is 26.1. The number of ether oxygens (including phenoxy) is 1. The molecule has 35 heavy (non-hydrogen) atoms. The third-order valence-electron chi connectivity index (χ3n) is 6.67. The monoisotopic (exact) mass is 469 g/mol. The van der Waals surface area contributed by atoms with Crippen LogP contribution in [0, 0.1) is 0 Å². The SMILES string of the molecule is CCC(Oc1ccc2c(c1)CCCC2)C(=O)Nc1cccc(C(=O)c2ccc(C(C)(C)C)cc2)c1. The molecule has 0 aliphatic heterocycles. The topological polar surface area (TPSA) is 55.4 Å². The van der Waals surface area contributed by atoms with Gasteiger partial charge in [-0.05, 0) is 78.5 Å². The molecule has 1 amide bonds. The molecule has 3 aromatic carbocycles. The number of amides is 1. The summed E-state index contributed by atoms with van der Waals surface area (Å²) < 4.78 is 6.07. The highest BCUT2D eigenvalue weighted by Crippen LogP contribution is 2.27. The van der Waals surface area contributed by atoms with Gasteiger partial charge >= 0.3 is 0 Å². The van der Waals surface area contributed by atoms with Crippen molar-refractivity contribution in [2.24, 2.45) is 0 Å². The number of fused-ring (bicyclic) bond motifs is 1. The van der Waals surface area contributed by atoms with E-state index in [4.69, 9.17) is 4.74 Å². The molecule has 4 rings (SSSR count). The maximum absolute atomic E-state index is 13.1. The van der Waals surface area contributed by atoms with Crippen LogP contribution in [-0.2, 0) is 23.1 Å². The summed E-state index contributed by atoms with van der Waals surface area (Å²) in [6, 6.07) is 21.0. The zero-order valence-corrected chi connectivity index (χ0v) is 21.2. The Kier molecular flexibility index (Phi) is 7.39. The smallest absolute Gasteiger partial charge is 0.265 e. The van der Waals surface area contributed by atoms with E-state index < -0.39 is 6.10 Å². The summed E-state index contributed by atoms with van der Waals surface area (Å²) in [5.74, 6) is 0.443. The highest BCUT2D eigenvalue weighted by molar-refractivity contribution is 6.09. The highest BCUT2D eigenvalue weighted by atomic mass is 16.5. The first-order valence-electron chi connectivity index (χ1n) is 12.6. The quantitative estimate of drug-likeness (QED) is 0.383. The number of ketones is 1. The number of nitrogens with one attached hydrogen (secondary N) is 1. The molecular weight excluding hydrogens is 434 g/mol. The average molecular weight is 470 g/mol. The first-order chi connectivity index (χ1) is 16.7. The number of carbonyl (C=O) groups excluding carboxylic acids is 2. The van der Waals surface area contributed by atoms with Crippen molar-refractivity contribution in [3.05, 3.63) is 94.5 Å². The summed E-state index contributed by atoms with van der Waals surface area (Å²) >= 11 is 0. The predicted octanol–water partition coefficient (Wildman–Crippen LogP) is 6.89. The second-order valence-electron chi connectivity index (χ2n) is 10.4. The molecule has 1 atom stereocenters. The van der Waals surface area contributed by atoms with Gasteiger partial charge in [-0.15, -0.1) is 0 Å². The molecule has 0 radical (unpaired) electrons. The lowest BCUT2D eigenvalue weighted by molar-refractivity contribution is -0.122. The summed E-state index contributed by atoms with van der Waals surface area (Å²) in [5.41, 5.74) is 5.67. The van der Waals surface area contributed by atoms with Crippen molar-refractivity contribution in [2.45, 2.75) is 71.3 Å². The molecule has 1 aliphatic carbocycles. The molecule has 182 valence electrons. The van der Waals surface area contributed by atoms with Gasteiger partial charge in [0.15, 0.2) is 11.9 Å². The first kappa shape index (κ1) is 24.7. The number of hydrogen-bond donors (Lipinski definition) is 1. The maximum Gasteiger partial charge on any atom is 0.265 e. The van der Waals surface area contributed by atoms with Crippen LogP contribution in [0.1, 0.15) is 79.6 Å². The zero-order valence-electron chi connectivity index (χ0n) is 21.2. The van der Waals surface area contributed by atoms with Crippen LogP contribution in [0.3, 0.4) is 0 Å². The lowest BCUT2D eigenvalue weighted by Crippen LogP contribution is -2.32. The molecule has 0 saturated heterocycles.